The summed E-state index contributed by atoms with van der Waals surface area (Å²) in [6, 6.07) is 0.798. The predicted molar refractivity (Wildman–Crippen MR) is 81.1 cm³/mol. The molecule has 1 aromatic rings. The van der Waals surface area contributed by atoms with E-state index < -0.39 is 45.9 Å². The van der Waals surface area contributed by atoms with Gasteiger partial charge in [0, 0.05) is 0 Å². The minimum Gasteiger partial charge on any atom is -0.480 e. The largest absolute Gasteiger partial charge is 0.480 e. The summed E-state index contributed by atoms with van der Waals surface area (Å²) in [6.07, 6.45) is -1.43. The Morgan fingerprint density at radius 3 is 2.29 bits per heavy atom. The Morgan fingerprint density at radius 2 is 1.83 bits per heavy atom. The van der Waals surface area contributed by atoms with E-state index in [1.165, 1.54) is 0 Å². The second-order valence-corrected chi connectivity index (χ2v) is 8.10. The van der Waals surface area contributed by atoms with Gasteiger partial charge in [-0.3, -0.25) is 10.1 Å². The first-order chi connectivity index (χ1) is 11.2. The molecule has 0 saturated heterocycles. The van der Waals surface area contributed by atoms with Crippen LogP contribution in [-0.4, -0.2) is 43.5 Å². The first-order valence-corrected chi connectivity index (χ1v) is 9.23. The van der Waals surface area contributed by atoms with Crippen LogP contribution in [0, 0.1) is 11.7 Å². The highest BCUT2D eigenvalue weighted by atomic mass is 32.2. The fourth-order valence-corrected chi connectivity index (χ4v) is 4.29. The minimum absolute atomic E-state index is 0.0164. The monoisotopic (exact) mass is 365 g/mol. The second kappa shape index (κ2) is 7.52. The van der Waals surface area contributed by atoms with Crippen LogP contribution in [0.2, 0.25) is 0 Å². The van der Waals surface area contributed by atoms with Gasteiger partial charge in [-0.1, -0.05) is 12.1 Å². The smallest absolute Gasteiger partial charge is 0.321 e. The number of nitrogens with one attached hydrogen (secondary N) is 1. The lowest BCUT2D eigenvalue weighted by atomic mass is 10.1. The van der Waals surface area contributed by atoms with Gasteiger partial charge in [0.25, 0.3) is 6.43 Å². The molecule has 2 N–H and O–H groups in total. The lowest BCUT2D eigenvalue weighted by Gasteiger charge is -2.23. The Kier molecular flexibility index (Phi) is 5.87. The number of hydrogen-bond donors (Lipinski definition) is 2. The van der Waals surface area contributed by atoms with E-state index >= 15 is 0 Å². The number of sulfone groups is 1. The Labute approximate surface area is 137 Å². The topological polar surface area (TPSA) is 83.5 Å². The van der Waals surface area contributed by atoms with Crippen LogP contribution in [0.25, 0.3) is 0 Å². The zero-order valence-corrected chi connectivity index (χ0v) is 13.5. The van der Waals surface area contributed by atoms with E-state index in [4.69, 9.17) is 0 Å². The van der Waals surface area contributed by atoms with Crippen molar-refractivity contribution >= 4 is 15.8 Å². The average Bonchev–Trinajstić information content (AvgIpc) is 3.27. The highest BCUT2D eigenvalue weighted by Crippen LogP contribution is 2.30. The fourth-order valence-electron chi connectivity index (χ4n) is 2.36. The first-order valence-electron chi connectivity index (χ1n) is 7.41. The predicted octanol–water partition coefficient (Wildman–Crippen LogP) is 2.00. The Morgan fingerprint density at radius 1 is 1.25 bits per heavy atom. The number of carboxylic acids is 1. The van der Waals surface area contributed by atoms with Crippen molar-refractivity contribution in [3.8, 4) is 0 Å². The van der Waals surface area contributed by atoms with Crippen LogP contribution in [0.3, 0.4) is 0 Å². The number of carboxylic acid groups (broad SMARTS) is 1. The van der Waals surface area contributed by atoms with E-state index in [-0.39, 0.29) is 17.2 Å². The van der Waals surface area contributed by atoms with Gasteiger partial charge in [-0.05, 0) is 36.5 Å². The molecule has 2 atom stereocenters. The number of hydrogen-bond acceptors (Lipinski definition) is 4. The molecule has 0 aliphatic heterocycles. The first kappa shape index (κ1) is 18.7. The zero-order chi connectivity index (χ0) is 17.9. The molecule has 1 aromatic carbocycles. The van der Waals surface area contributed by atoms with Crippen LogP contribution in [-0.2, 0) is 14.6 Å². The maximum absolute atomic E-state index is 13.3. The Hall–Kier alpha value is -1.61. The summed E-state index contributed by atoms with van der Waals surface area (Å²) < 4.78 is 63.4. The standard InChI is InChI=1S/C15H18F3NO4S/c16-11-5-3-10(4-6-11)13(14(17)18)19-12(15(20)21)8-24(22,23)7-9-1-2-9/h3-6,9,12-14,19H,1-2,7-8H2,(H,20,21)/t12-,13-/m0/s1. The molecule has 1 aliphatic carbocycles. The van der Waals surface area contributed by atoms with Gasteiger partial charge in [0.2, 0.25) is 0 Å². The van der Waals surface area contributed by atoms with Gasteiger partial charge in [0.1, 0.15) is 11.9 Å². The summed E-state index contributed by atoms with van der Waals surface area (Å²) in [7, 11) is -3.67. The molecule has 1 aliphatic rings. The molecule has 0 heterocycles. The van der Waals surface area contributed by atoms with Crippen molar-refractivity contribution in [3.05, 3.63) is 35.6 Å². The summed E-state index contributed by atoms with van der Waals surface area (Å²) in [5.41, 5.74) is -0.0164. The molecule has 134 valence electrons. The molecule has 0 spiro atoms. The molecule has 0 aromatic heterocycles. The molecule has 2 rings (SSSR count). The highest BCUT2D eigenvalue weighted by Gasteiger charge is 2.34. The van der Waals surface area contributed by atoms with E-state index in [1.807, 2.05) is 0 Å². The van der Waals surface area contributed by atoms with Gasteiger partial charge in [0.15, 0.2) is 9.84 Å². The van der Waals surface area contributed by atoms with E-state index in [9.17, 15) is 31.5 Å². The number of aliphatic carboxylic acids is 1. The SMILES string of the molecule is O=C(O)[C@H](CS(=O)(=O)CC1CC1)N[C@@H](c1ccc(F)cc1)C(F)F. The fraction of sp³-hybridized carbons (Fsp3) is 0.533. The molecular formula is C15H18F3NO4S. The summed E-state index contributed by atoms with van der Waals surface area (Å²) >= 11 is 0. The van der Waals surface area contributed by atoms with Crippen molar-refractivity contribution in [2.24, 2.45) is 5.92 Å². The van der Waals surface area contributed by atoms with Crippen molar-refractivity contribution in [3.63, 3.8) is 0 Å². The molecule has 1 saturated carbocycles. The van der Waals surface area contributed by atoms with Crippen LogP contribution in [0.1, 0.15) is 24.4 Å². The summed E-state index contributed by atoms with van der Waals surface area (Å²) in [6.45, 7) is 0. The van der Waals surface area contributed by atoms with Crippen molar-refractivity contribution in [1.29, 1.82) is 0 Å². The summed E-state index contributed by atoms with van der Waals surface area (Å²) in [5.74, 6) is -3.00. The lowest BCUT2D eigenvalue weighted by Crippen LogP contribution is -2.46. The third kappa shape index (κ3) is 5.48. The molecule has 9 heteroatoms. The Balaban J connectivity index is 2.13. The molecule has 0 amide bonds. The number of benzene rings is 1. The molecular weight excluding hydrogens is 347 g/mol. The van der Waals surface area contributed by atoms with Gasteiger partial charge >= 0.3 is 5.97 Å². The molecule has 5 nitrogen and oxygen atoms in total. The maximum Gasteiger partial charge on any atom is 0.321 e. The quantitative estimate of drug-likeness (QED) is 0.699. The third-order valence-corrected chi connectivity index (χ3v) is 5.59. The molecule has 0 unspecified atom stereocenters. The maximum atomic E-state index is 13.3. The van der Waals surface area contributed by atoms with Crippen molar-refractivity contribution in [2.45, 2.75) is 31.4 Å². The van der Waals surface area contributed by atoms with Crippen LogP contribution in [0.15, 0.2) is 24.3 Å². The van der Waals surface area contributed by atoms with Crippen LogP contribution >= 0.6 is 0 Å². The Bertz CT molecular complexity index is 674. The lowest BCUT2D eigenvalue weighted by molar-refractivity contribution is -0.139. The summed E-state index contributed by atoms with van der Waals surface area (Å²) in [4.78, 5) is 11.3. The highest BCUT2D eigenvalue weighted by molar-refractivity contribution is 7.91. The molecule has 0 radical (unpaired) electrons. The second-order valence-electron chi connectivity index (χ2n) is 5.94. The van der Waals surface area contributed by atoms with Gasteiger partial charge in [-0.15, -0.1) is 0 Å². The van der Waals surface area contributed by atoms with Crippen molar-refractivity contribution in [1.82, 2.24) is 5.32 Å². The molecule has 24 heavy (non-hydrogen) atoms. The molecule has 0 bridgehead atoms. The minimum atomic E-state index is -3.67. The van der Waals surface area contributed by atoms with Crippen LogP contribution in [0.4, 0.5) is 13.2 Å². The van der Waals surface area contributed by atoms with Gasteiger partial charge in [0.05, 0.1) is 17.5 Å². The van der Waals surface area contributed by atoms with E-state index in [2.05, 4.69) is 5.32 Å². The van der Waals surface area contributed by atoms with Crippen molar-refractivity contribution < 1.29 is 31.5 Å². The van der Waals surface area contributed by atoms with Crippen LogP contribution < -0.4 is 5.32 Å². The average molecular weight is 365 g/mol. The molecule has 1 fully saturated rings. The normalized spacial score (nSPS) is 17.7. The van der Waals surface area contributed by atoms with Gasteiger partial charge < -0.3 is 5.11 Å². The van der Waals surface area contributed by atoms with Gasteiger partial charge in [-0.2, -0.15) is 0 Å². The van der Waals surface area contributed by atoms with Crippen molar-refractivity contribution in [2.75, 3.05) is 11.5 Å². The van der Waals surface area contributed by atoms with Crippen LogP contribution in [0.5, 0.6) is 0 Å². The zero-order valence-electron chi connectivity index (χ0n) is 12.7. The third-order valence-electron chi connectivity index (χ3n) is 3.77. The number of halogens is 3. The number of rotatable bonds is 9. The van der Waals surface area contributed by atoms with E-state index in [0.29, 0.717) is 0 Å². The number of carbonyl (C=O) groups is 1. The van der Waals surface area contributed by atoms with Gasteiger partial charge in [-0.25, -0.2) is 21.6 Å². The van der Waals surface area contributed by atoms with E-state index in [1.54, 1.807) is 0 Å². The number of alkyl halides is 2. The van der Waals surface area contributed by atoms with E-state index in [0.717, 1.165) is 37.1 Å². The summed E-state index contributed by atoms with van der Waals surface area (Å²) in [5, 5.41) is 11.4.